The number of ether oxygens (including phenoxy) is 3. The van der Waals surface area contributed by atoms with Crippen LogP contribution >= 0.6 is 0 Å². The normalized spacial score (nSPS) is 12.9. The van der Waals surface area contributed by atoms with E-state index in [0.29, 0.717) is 24.0 Å². The predicted molar refractivity (Wildman–Crippen MR) is 374 cm³/mol. The van der Waals surface area contributed by atoms with Crippen LogP contribution in [0.5, 0.6) is 0 Å². The van der Waals surface area contributed by atoms with Gasteiger partial charge < -0.3 is 14.2 Å². The van der Waals surface area contributed by atoms with E-state index in [-0.39, 0.29) is 48.4 Å². The summed E-state index contributed by atoms with van der Waals surface area (Å²) in [5, 5.41) is 21.6. The Kier molecular flexibility index (Phi) is 38.7. The molecule has 0 fully saturated rings. The Morgan fingerprint density at radius 3 is 0.809 bits per heavy atom. The van der Waals surface area contributed by atoms with Crippen molar-refractivity contribution in [3.05, 3.63) is 155 Å². The molecule has 0 bridgehead atoms. The van der Waals surface area contributed by atoms with Crippen LogP contribution in [-0.4, -0.2) is 37.4 Å². The molecule has 488 valence electrons. The average Bonchev–Trinajstić information content (AvgIpc) is 3.50. The molecule has 0 saturated carbocycles. The largest absolute Gasteiger partial charge is 0.461 e. The Bertz CT molecular complexity index is 2380. The standard InChI is InChI=1S/C82H120N2O5/c1-9-13-17-21-25-27-31-39-51-67(49-37-29-23-19-15-11-3)75(61-81(5,6)65-87-79(85)73(63-83)77(69-53-41-33-42-54-69)70-55-43-34-44-56-70)89-76(68(50-38-30-24-20-16-12-4)52-40-32-28-26-22-18-14-10-2)62-82(7,8)66-88-80(86)74(64-84)78(71-57-45-35-46-58-71)72-59-47-36-48-60-72/h33-36,41-48,53-60,67-68,75-76H,9-32,37-40,49-52,61-62,65-66H2,1-8H3. The summed E-state index contributed by atoms with van der Waals surface area (Å²) >= 11 is 0. The molecule has 7 nitrogen and oxygen atoms in total. The van der Waals surface area contributed by atoms with Gasteiger partial charge in [-0.15, -0.1) is 0 Å². The first-order valence-electron chi connectivity index (χ1n) is 35.8. The highest BCUT2D eigenvalue weighted by atomic mass is 16.5. The van der Waals surface area contributed by atoms with E-state index in [1.807, 2.05) is 121 Å². The summed E-state index contributed by atoms with van der Waals surface area (Å²) in [6, 6.07) is 43.4. The molecule has 4 rings (SSSR count). The molecule has 89 heavy (non-hydrogen) atoms. The van der Waals surface area contributed by atoms with Gasteiger partial charge in [0.1, 0.15) is 23.3 Å². The maximum absolute atomic E-state index is 14.5. The molecule has 0 N–H and O–H groups in total. The lowest BCUT2D eigenvalue weighted by Gasteiger charge is -2.41. The predicted octanol–water partition coefficient (Wildman–Crippen LogP) is 23.5. The van der Waals surface area contributed by atoms with Crippen molar-refractivity contribution in [3.8, 4) is 12.1 Å². The molecule has 0 amide bonds. The average molecular weight is 1210 g/mol. The van der Waals surface area contributed by atoms with Gasteiger partial charge in [0.25, 0.3) is 0 Å². The van der Waals surface area contributed by atoms with Gasteiger partial charge in [-0.3, -0.25) is 0 Å². The van der Waals surface area contributed by atoms with Crippen molar-refractivity contribution < 1.29 is 23.8 Å². The van der Waals surface area contributed by atoms with E-state index >= 15 is 0 Å². The minimum absolute atomic E-state index is 0.00290. The summed E-state index contributed by atoms with van der Waals surface area (Å²) in [6.45, 7) is 18.3. The zero-order valence-corrected chi connectivity index (χ0v) is 57.2. The summed E-state index contributed by atoms with van der Waals surface area (Å²) in [7, 11) is 0. The lowest BCUT2D eigenvalue weighted by Crippen LogP contribution is -2.40. The topological polar surface area (TPSA) is 109 Å². The van der Waals surface area contributed by atoms with Crippen LogP contribution in [0.3, 0.4) is 0 Å². The van der Waals surface area contributed by atoms with E-state index < -0.39 is 22.8 Å². The molecule has 0 heterocycles. The van der Waals surface area contributed by atoms with Crippen LogP contribution in [0.2, 0.25) is 0 Å². The van der Waals surface area contributed by atoms with Crippen LogP contribution in [0.15, 0.2) is 132 Å². The molecule has 4 aromatic rings. The molecule has 0 aliphatic rings. The van der Waals surface area contributed by atoms with Crippen molar-refractivity contribution in [2.24, 2.45) is 22.7 Å². The maximum atomic E-state index is 14.5. The number of hydrogen-bond acceptors (Lipinski definition) is 7. The first-order chi connectivity index (χ1) is 43.3. The number of hydrogen-bond donors (Lipinski definition) is 0. The molecule has 0 aliphatic heterocycles. The van der Waals surface area contributed by atoms with E-state index in [9.17, 15) is 20.1 Å². The van der Waals surface area contributed by atoms with Crippen molar-refractivity contribution in [2.45, 2.75) is 286 Å². The van der Waals surface area contributed by atoms with Gasteiger partial charge in [-0.05, 0) is 72.6 Å². The number of benzene rings is 4. The SMILES string of the molecule is CCCCCCCCCCC(CCCCCCCC)C(CC(C)(C)COC(=O)C(C#N)=C(c1ccccc1)c1ccccc1)OC(CC(C)(C)COC(=O)C(C#N)=C(c1ccccc1)c1ccccc1)C(CCCCCCCC)CCCCCCCCCC. The number of nitrogens with zero attached hydrogens (tertiary/aromatic N) is 2. The third kappa shape index (κ3) is 30.3. The van der Waals surface area contributed by atoms with Gasteiger partial charge >= 0.3 is 11.9 Å². The zero-order valence-electron chi connectivity index (χ0n) is 57.2. The smallest absolute Gasteiger partial charge is 0.349 e. The lowest BCUT2D eigenvalue weighted by atomic mass is 9.77. The van der Waals surface area contributed by atoms with Crippen molar-refractivity contribution in [1.29, 1.82) is 10.5 Å². The van der Waals surface area contributed by atoms with Gasteiger partial charge in [-0.2, -0.15) is 10.5 Å². The lowest BCUT2D eigenvalue weighted by molar-refractivity contribution is -0.146. The highest BCUT2D eigenvalue weighted by Crippen LogP contribution is 2.40. The Balaban J connectivity index is 1.82. The first-order valence-corrected chi connectivity index (χ1v) is 35.8. The van der Waals surface area contributed by atoms with Gasteiger partial charge in [0, 0.05) is 22.0 Å². The molecular weight excluding hydrogens is 1090 g/mol. The summed E-state index contributed by atoms with van der Waals surface area (Å²) < 4.78 is 20.9. The minimum atomic E-state index is -0.615. The fourth-order valence-electron chi connectivity index (χ4n) is 13.0. The van der Waals surface area contributed by atoms with Crippen molar-refractivity contribution in [3.63, 3.8) is 0 Å². The van der Waals surface area contributed by atoms with Crippen molar-refractivity contribution >= 4 is 23.1 Å². The third-order valence-electron chi connectivity index (χ3n) is 18.2. The quantitative estimate of drug-likeness (QED) is 0.0187. The molecule has 4 unspecified atom stereocenters. The van der Waals surface area contributed by atoms with Crippen LogP contribution in [0.25, 0.3) is 11.1 Å². The Labute approximate surface area is 543 Å². The second-order valence-corrected chi connectivity index (χ2v) is 27.4. The van der Waals surface area contributed by atoms with Gasteiger partial charge in [0.05, 0.1) is 25.4 Å². The first kappa shape index (κ1) is 75.7. The Hall–Kier alpha value is -5.76. The number of rotatable bonds is 50. The highest BCUT2D eigenvalue weighted by Gasteiger charge is 2.38. The Morgan fingerprint density at radius 1 is 0.360 bits per heavy atom. The molecule has 0 saturated heterocycles. The molecule has 0 spiro atoms. The monoisotopic (exact) mass is 1210 g/mol. The highest BCUT2D eigenvalue weighted by molar-refractivity contribution is 6.06. The molecule has 0 aromatic heterocycles. The molecule has 0 radical (unpaired) electrons. The molecule has 7 heteroatoms. The summed E-state index contributed by atoms with van der Waals surface area (Å²) in [4.78, 5) is 29.1. The Morgan fingerprint density at radius 2 is 0.584 bits per heavy atom. The number of carbonyl (C=O) groups is 2. The maximum Gasteiger partial charge on any atom is 0.349 e. The van der Waals surface area contributed by atoms with Crippen molar-refractivity contribution in [2.75, 3.05) is 13.2 Å². The summed E-state index contributed by atoms with van der Waals surface area (Å²) in [5.41, 5.74) is 3.25. The van der Waals surface area contributed by atoms with Gasteiger partial charge in [-0.25, -0.2) is 9.59 Å². The third-order valence-corrected chi connectivity index (χ3v) is 18.2. The van der Waals surface area contributed by atoms with E-state index in [2.05, 4.69) is 67.5 Å². The number of nitriles is 2. The van der Waals surface area contributed by atoms with Gasteiger partial charge in [0.2, 0.25) is 0 Å². The second kappa shape index (κ2) is 45.5. The number of unbranched alkanes of at least 4 members (excludes halogenated alkanes) is 24. The molecule has 4 aromatic carbocycles. The number of carbonyl (C=O) groups excluding carboxylic acids is 2. The molecular formula is C82H120N2O5. The molecule has 0 aliphatic carbocycles. The van der Waals surface area contributed by atoms with Crippen LogP contribution in [0, 0.1) is 45.3 Å². The van der Waals surface area contributed by atoms with E-state index in [0.717, 1.165) is 73.6 Å². The number of esters is 2. The van der Waals surface area contributed by atoms with Crippen LogP contribution < -0.4 is 0 Å². The van der Waals surface area contributed by atoms with E-state index in [1.165, 1.54) is 154 Å². The van der Waals surface area contributed by atoms with E-state index in [1.54, 1.807) is 0 Å². The second-order valence-electron chi connectivity index (χ2n) is 27.4. The molecule has 4 atom stereocenters. The summed E-state index contributed by atoms with van der Waals surface area (Å²) in [5.74, 6) is -0.660. The minimum Gasteiger partial charge on any atom is -0.461 e. The fourth-order valence-corrected chi connectivity index (χ4v) is 13.0. The van der Waals surface area contributed by atoms with Crippen LogP contribution in [-0.2, 0) is 23.8 Å². The van der Waals surface area contributed by atoms with E-state index in [4.69, 9.17) is 14.2 Å². The fraction of sp³-hybridized carbons (Fsp3) is 0.610. The van der Waals surface area contributed by atoms with Crippen LogP contribution in [0.4, 0.5) is 0 Å². The van der Waals surface area contributed by atoms with Gasteiger partial charge in [0.15, 0.2) is 0 Å². The van der Waals surface area contributed by atoms with Gasteiger partial charge in [-0.1, -0.05) is 357 Å². The zero-order chi connectivity index (χ0) is 64.2. The summed E-state index contributed by atoms with van der Waals surface area (Å²) in [6.07, 6.45) is 40.2. The van der Waals surface area contributed by atoms with Crippen molar-refractivity contribution in [1.82, 2.24) is 0 Å². The van der Waals surface area contributed by atoms with Crippen LogP contribution in [0.1, 0.15) is 296 Å².